The Balaban J connectivity index is 1.27. The van der Waals surface area contributed by atoms with Crippen LogP contribution in [0.1, 0.15) is 5.56 Å². The van der Waals surface area contributed by atoms with E-state index in [1.54, 1.807) is 18.3 Å². The number of benzene rings is 3. The molecule has 0 atom stereocenters. The third-order valence-electron chi connectivity index (χ3n) is 6.57. The number of sulfonamides is 1. The topological polar surface area (TPSA) is 157 Å². The van der Waals surface area contributed by atoms with Crippen LogP contribution in [0.3, 0.4) is 0 Å². The van der Waals surface area contributed by atoms with E-state index in [0.717, 1.165) is 17.3 Å². The van der Waals surface area contributed by atoms with Gasteiger partial charge in [0, 0.05) is 63.2 Å². The van der Waals surface area contributed by atoms with Crippen LogP contribution in [0.25, 0.3) is 5.69 Å². The molecule has 0 saturated carbocycles. The van der Waals surface area contributed by atoms with Crippen LogP contribution < -0.4 is 9.62 Å². The standard InChI is InChI=1S/C26H25N7O6S/c34-32(35)22-8-6-20(7-9-22)19-29-14-16-30(17-15-29)24-11-10-23(18-25(24)33(36)37)40(38,39)28-26-12-13-31(27-26)21-4-2-1-3-5-21/h1-13,18H,14-17,19H2,(H,27,28). The number of non-ortho nitro benzene ring substituents is 1. The van der Waals surface area contributed by atoms with Crippen LogP contribution in [0.4, 0.5) is 22.9 Å². The average molecular weight is 564 g/mol. The Morgan fingerprint density at radius 3 is 2.20 bits per heavy atom. The first-order chi connectivity index (χ1) is 19.2. The molecule has 3 aromatic carbocycles. The molecule has 13 nitrogen and oxygen atoms in total. The lowest BCUT2D eigenvalue weighted by atomic mass is 10.1. The fourth-order valence-corrected chi connectivity index (χ4v) is 5.53. The van der Waals surface area contributed by atoms with Crippen LogP contribution in [0, 0.1) is 20.2 Å². The second-order valence-electron chi connectivity index (χ2n) is 9.18. The second-order valence-corrected chi connectivity index (χ2v) is 10.9. The molecule has 5 rings (SSSR count). The molecule has 1 aliphatic rings. The molecule has 1 aliphatic heterocycles. The molecule has 206 valence electrons. The maximum Gasteiger partial charge on any atom is 0.293 e. The average Bonchev–Trinajstić information content (AvgIpc) is 3.41. The first kappa shape index (κ1) is 26.8. The first-order valence-electron chi connectivity index (χ1n) is 12.3. The lowest BCUT2D eigenvalue weighted by molar-refractivity contribution is -0.384. The van der Waals surface area contributed by atoms with Gasteiger partial charge in [-0.2, -0.15) is 0 Å². The Hall–Kier alpha value is -4.82. The van der Waals surface area contributed by atoms with Gasteiger partial charge in [0.1, 0.15) is 5.69 Å². The lowest BCUT2D eigenvalue weighted by Gasteiger charge is -2.35. The summed E-state index contributed by atoms with van der Waals surface area (Å²) in [4.78, 5) is 25.5. The number of anilines is 2. The molecule has 0 amide bonds. The predicted octanol–water partition coefficient (Wildman–Crippen LogP) is 3.81. The van der Waals surface area contributed by atoms with Crippen molar-refractivity contribution in [3.63, 3.8) is 0 Å². The van der Waals surface area contributed by atoms with Gasteiger partial charge in [-0.15, -0.1) is 5.10 Å². The van der Waals surface area contributed by atoms with E-state index in [0.29, 0.717) is 38.4 Å². The van der Waals surface area contributed by atoms with Crippen molar-refractivity contribution in [2.24, 2.45) is 0 Å². The van der Waals surface area contributed by atoms with Crippen LogP contribution in [-0.2, 0) is 16.6 Å². The van der Waals surface area contributed by atoms with Crippen LogP contribution >= 0.6 is 0 Å². The summed E-state index contributed by atoms with van der Waals surface area (Å²) >= 11 is 0. The van der Waals surface area contributed by atoms with Crippen LogP contribution in [0.5, 0.6) is 0 Å². The quantitative estimate of drug-likeness (QED) is 0.236. The molecular weight excluding hydrogens is 538 g/mol. The molecule has 0 radical (unpaired) electrons. The van der Waals surface area contributed by atoms with E-state index in [1.807, 2.05) is 35.2 Å². The van der Waals surface area contributed by atoms with Gasteiger partial charge in [0.2, 0.25) is 0 Å². The van der Waals surface area contributed by atoms with Crippen molar-refractivity contribution in [2.75, 3.05) is 35.8 Å². The zero-order valence-corrected chi connectivity index (χ0v) is 22.0. The van der Waals surface area contributed by atoms with Gasteiger partial charge >= 0.3 is 0 Å². The number of nitro groups is 2. The number of nitrogens with zero attached hydrogens (tertiary/aromatic N) is 6. The number of hydrogen-bond donors (Lipinski definition) is 1. The smallest absolute Gasteiger partial charge is 0.293 e. The summed E-state index contributed by atoms with van der Waals surface area (Å²) in [5.41, 5.74) is 1.75. The normalized spacial score (nSPS) is 14.2. The zero-order chi connectivity index (χ0) is 28.3. The van der Waals surface area contributed by atoms with Gasteiger partial charge in [0.05, 0.1) is 20.4 Å². The Labute approximate surface area is 229 Å². The molecule has 0 aliphatic carbocycles. The zero-order valence-electron chi connectivity index (χ0n) is 21.2. The molecule has 1 saturated heterocycles. The molecule has 1 N–H and O–H groups in total. The summed E-state index contributed by atoms with van der Waals surface area (Å²) in [6.07, 6.45) is 1.61. The van der Waals surface area contributed by atoms with Gasteiger partial charge in [-0.25, -0.2) is 13.1 Å². The van der Waals surface area contributed by atoms with E-state index in [1.165, 1.54) is 35.0 Å². The van der Waals surface area contributed by atoms with Crippen molar-refractivity contribution in [1.82, 2.24) is 14.7 Å². The summed E-state index contributed by atoms with van der Waals surface area (Å²) in [5, 5.41) is 27.0. The molecule has 0 bridgehead atoms. The number of nitrogens with one attached hydrogen (secondary N) is 1. The largest absolute Gasteiger partial charge is 0.363 e. The van der Waals surface area contributed by atoms with Gasteiger partial charge in [0.25, 0.3) is 21.4 Å². The number of nitro benzene ring substituents is 2. The van der Waals surface area contributed by atoms with Gasteiger partial charge in [-0.3, -0.25) is 29.9 Å². The Morgan fingerprint density at radius 1 is 0.850 bits per heavy atom. The number of rotatable bonds is 9. The highest BCUT2D eigenvalue weighted by atomic mass is 32.2. The van der Waals surface area contributed by atoms with Crippen LogP contribution in [0.15, 0.2) is 90.0 Å². The monoisotopic (exact) mass is 563 g/mol. The van der Waals surface area contributed by atoms with E-state index in [4.69, 9.17) is 0 Å². The Kier molecular flexibility index (Phi) is 7.44. The number of aromatic nitrogens is 2. The third-order valence-corrected chi connectivity index (χ3v) is 7.92. The van der Waals surface area contributed by atoms with E-state index in [2.05, 4.69) is 14.7 Å². The van der Waals surface area contributed by atoms with Crippen molar-refractivity contribution < 1.29 is 18.3 Å². The molecule has 0 spiro atoms. The van der Waals surface area contributed by atoms with Crippen molar-refractivity contribution in [1.29, 1.82) is 0 Å². The molecule has 1 aromatic heterocycles. The van der Waals surface area contributed by atoms with E-state index >= 15 is 0 Å². The summed E-state index contributed by atoms with van der Waals surface area (Å²) in [6, 6.07) is 20.9. The molecule has 2 heterocycles. The van der Waals surface area contributed by atoms with Crippen molar-refractivity contribution in [3.8, 4) is 5.69 Å². The minimum atomic E-state index is -4.14. The van der Waals surface area contributed by atoms with Gasteiger partial charge in [-0.1, -0.05) is 30.3 Å². The van der Waals surface area contributed by atoms with Gasteiger partial charge in [0.15, 0.2) is 5.82 Å². The van der Waals surface area contributed by atoms with E-state index in [9.17, 15) is 28.6 Å². The van der Waals surface area contributed by atoms with Gasteiger partial charge < -0.3 is 4.90 Å². The lowest BCUT2D eigenvalue weighted by Crippen LogP contribution is -2.46. The summed E-state index contributed by atoms with van der Waals surface area (Å²) in [6.45, 7) is 2.81. The summed E-state index contributed by atoms with van der Waals surface area (Å²) in [7, 11) is -4.14. The number of para-hydroxylation sites is 1. The van der Waals surface area contributed by atoms with E-state index < -0.39 is 19.9 Å². The minimum absolute atomic E-state index is 0.0309. The highest BCUT2D eigenvalue weighted by Crippen LogP contribution is 2.32. The van der Waals surface area contributed by atoms with Crippen LogP contribution in [0.2, 0.25) is 0 Å². The number of hydrogen-bond acceptors (Lipinski definition) is 9. The second kappa shape index (κ2) is 11.1. The predicted molar refractivity (Wildman–Crippen MR) is 148 cm³/mol. The van der Waals surface area contributed by atoms with Crippen molar-refractivity contribution in [3.05, 3.63) is 111 Å². The van der Waals surface area contributed by atoms with Crippen molar-refractivity contribution >= 4 is 32.9 Å². The number of piperazine rings is 1. The fraction of sp³-hybridized carbons (Fsp3) is 0.192. The molecular formula is C26H25N7O6S. The highest BCUT2D eigenvalue weighted by Gasteiger charge is 2.27. The fourth-order valence-electron chi connectivity index (χ4n) is 4.51. The Morgan fingerprint density at radius 2 is 1.55 bits per heavy atom. The Bertz CT molecular complexity index is 1630. The summed E-state index contributed by atoms with van der Waals surface area (Å²) in [5.74, 6) is 0.0831. The maximum atomic E-state index is 13.0. The van der Waals surface area contributed by atoms with Crippen molar-refractivity contribution in [2.45, 2.75) is 11.4 Å². The molecule has 0 unspecified atom stereocenters. The molecule has 14 heteroatoms. The minimum Gasteiger partial charge on any atom is -0.363 e. The first-order valence-corrected chi connectivity index (χ1v) is 13.8. The summed E-state index contributed by atoms with van der Waals surface area (Å²) < 4.78 is 30.0. The molecule has 4 aromatic rings. The van der Waals surface area contributed by atoms with Crippen LogP contribution in [-0.4, -0.2) is 59.1 Å². The molecule has 40 heavy (non-hydrogen) atoms. The van der Waals surface area contributed by atoms with E-state index in [-0.39, 0.29) is 22.1 Å². The maximum absolute atomic E-state index is 13.0. The highest BCUT2D eigenvalue weighted by molar-refractivity contribution is 7.92. The van der Waals surface area contributed by atoms with Gasteiger partial charge in [-0.05, 0) is 29.8 Å². The molecule has 1 fully saturated rings. The third kappa shape index (κ3) is 5.92. The SMILES string of the molecule is O=[N+]([O-])c1ccc(CN2CCN(c3ccc(S(=O)(=O)Nc4ccn(-c5ccccc5)n4)cc3[N+](=O)[O-])CC2)cc1.